The fourth-order valence-corrected chi connectivity index (χ4v) is 2.65. The van der Waals surface area contributed by atoms with Crippen molar-refractivity contribution in [2.45, 2.75) is 13.3 Å². The van der Waals surface area contributed by atoms with E-state index < -0.39 is 0 Å². The maximum atomic E-state index is 11.9. The van der Waals surface area contributed by atoms with Gasteiger partial charge in [0.2, 0.25) is 0 Å². The second-order valence-corrected chi connectivity index (χ2v) is 5.66. The van der Waals surface area contributed by atoms with Gasteiger partial charge in [0.25, 0.3) is 5.91 Å². The number of aromatic nitrogens is 2. The van der Waals surface area contributed by atoms with Crippen LogP contribution >= 0.6 is 11.3 Å². The number of carbonyl (C=O) groups is 1. The smallest absolute Gasteiger partial charge is 0.263 e. The first-order valence-corrected chi connectivity index (χ1v) is 7.31. The van der Waals surface area contributed by atoms with Gasteiger partial charge in [0, 0.05) is 26.7 Å². The summed E-state index contributed by atoms with van der Waals surface area (Å²) in [5.74, 6) is 0.824. The number of nitrogens with zero attached hydrogens (tertiary/aromatic N) is 3. The first-order chi connectivity index (χ1) is 9.61. The maximum absolute atomic E-state index is 11.9. The molecule has 5 nitrogen and oxygen atoms in total. The molecule has 20 heavy (non-hydrogen) atoms. The van der Waals surface area contributed by atoms with Crippen LogP contribution in [-0.2, 0) is 0 Å². The summed E-state index contributed by atoms with van der Waals surface area (Å²) in [4.78, 5) is 23.6. The number of nitrogens with one attached hydrogen (secondary N) is 1. The zero-order valence-electron chi connectivity index (χ0n) is 11.9. The number of thiophene rings is 1. The Balaban J connectivity index is 2.21. The molecule has 0 unspecified atom stereocenters. The molecule has 0 aliphatic carbocycles. The van der Waals surface area contributed by atoms with E-state index in [-0.39, 0.29) is 5.91 Å². The van der Waals surface area contributed by atoms with Crippen molar-refractivity contribution in [3.05, 3.63) is 29.4 Å². The Hall–Kier alpha value is -1.95. The van der Waals surface area contributed by atoms with Crippen molar-refractivity contribution in [2.75, 3.05) is 26.0 Å². The van der Waals surface area contributed by atoms with Gasteiger partial charge in [-0.05, 0) is 18.6 Å². The summed E-state index contributed by atoms with van der Waals surface area (Å²) in [5.41, 5.74) is 0.835. The number of amides is 1. The molecule has 1 N–H and O–H groups in total. The van der Waals surface area contributed by atoms with Gasteiger partial charge in [0.05, 0.1) is 15.4 Å². The summed E-state index contributed by atoms with van der Waals surface area (Å²) in [6, 6.07) is 5.67. The molecule has 0 fully saturated rings. The van der Waals surface area contributed by atoms with Crippen LogP contribution in [0.3, 0.4) is 0 Å². The Morgan fingerprint density at radius 1 is 1.35 bits per heavy atom. The third-order valence-corrected chi connectivity index (χ3v) is 3.79. The molecule has 0 spiro atoms. The first kappa shape index (κ1) is 14.5. The summed E-state index contributed by atoms with van der Waals surface area (Å²) >= 11 is 1.45. The molecule has 1 amide bonds. The van der Waals surface area contributed by atoms with E-state index in [1.165, 1.54) is 11.3 Å². The van der Waals surface area contributed by atoms with Crippen molar-refractivity contribution < 1.29 is 4.79 Å². The van der Waals surface area contributed by atoms with Crippen molar-refractivity contribution in [2.24, 2.45) is 0 Å². The Kier molecular flexibility index (Phi) is 4.68. The van der Waals surface area contributed by atoms with Gasteiger partial charge in [0.1, 0.15) is 12.1 Å². The zero-order chi connectivity index (χ0) is 14.5. The topological polar surface area (TPSA) is 58.1 Å². The highest BCUT2D eigenvalue weighted by molar-refractivity contribution is 7.17. The molecule has 6 heteroatoms. The second-order valence-electron chi connectivity index (χ2n) is 4.58. The van der Waals surface area contributed by atoms with Crippen molar-refractivity contribution in [3.8, 4) is 10.6 Å². The predicted molar refractivity (Wildman–Crippen MR) is 82.1 cm³/mol. The molecule has 2 rings (SSSR count). The van der Waals surface area contributed by atoms with Gasteiger partial charge in [-0.3, -0.25) is 4.79 Å². The van der Waals surface area contributed by atoms with E-state index in [0.29, 0.717) is 4.88 Å². The van der Waals surface area contributed by atoms with Crippen LogP contribution in [-0.4, -0.2) is 41.4 Å². The van der Waals surface area contributed by atoms with Crippen LogP contribution < -0.4 is 5.32 Å². The lowest BCUT2D eigenvalue weighted by atomic mass is 10.3. The van der Waals surface area contributed by atoms with E-state index >= 15 is 0 Å². The summed E-state index contributed by atoms with van der Waals surface area (Å²) in [5, 5.41) is 3.23. The van der Waals surface area contributed by atoms with Crippen LogP contribution in [0.15, 0.2) is 24.5 Å². The van der Waals surface area contributed by atoms with Gasteiger partial charge >= 0.3 is 0 Å². The van der Waals surface area contributed by atoms with Crippen molar-refractivity contribution in [3.63, 3.8) is 0 Å². The van der Waals surface area contributed by atoms with Gasteiger partial charge in [-0.15, -0.1) is 11.3 Å². The average molecular weight is 290 g/mol. The minimum Gasteiger partial charge on any atom is -0.370 e. The number of hydrogen-bond acceptors (Lipinski definition) is 5. The van der Waals surface area contributed by atoms with Gasteiger partial charge in [0.15, 0.2) is 0 Å². The van der Waals surface area contributed by atoms with Crippen LogP contribution in [0.2, 0.25) is 0 Å². The minimum absolute atomic E-state index is 0.0136. The third kappa shape index (κ3) is 3.33. The van der Waals surface area contributed by atoms with E-state index in [2.05, 4.69) is 22.2 Å². The van der Waals surface area contributed by atoms with Crippen molar-refractivity contribution in [1.29, 1.82) is 0 Å². The van der Waals surface area contributed by atoms with Crippen LogP contribution in [0.25, 0.3) is 10.6 Å². The van der Waals surface area contributed by atoms with E-state index in [9.17, 15) is 4.79 Å². The molecule has 2 heterocycles. The lowest BCUT2D eigenvalue weighted by Gasteiger charge is -2.07. The number of carbonyl (C=O) groups excluding carboxylic acids is 1. The number of hydrogen-bond donors (Lipinski definition) is 1. The highest BCUT2D eigenvalue weighted by Crippen LogP contribution is 2.28. The van der Waals surface area contributed by atoms with Crippen molar-refractivity contribution in [1.82, 2.24) is 14.9 Å². The highest BCUT2D eigenvalue weighted by Gasteiger charge is 2.12. The van der Waals surface area contributed by atoms with E-state index in [1.807, 2.05) is 18.2 Å². The minimum atomic E-state index is 0.0136. The fourth-order valence-electron chi connectivity index (χ4n) is 1.65. The standard InChI is InChI=1S/C14H18N4OS/c1-4-7-15-13-8-10(16-9-17-13)11-5-6-12(20-11)14(19)18(2)3/h5-6,8-9H,4,7H2,1-3H3,(H,15,16,17). The van der Waals surface area contributed by atoms with Gasteiger partial charge < -0.3 is 10.2 Å². The van der Waals surface area contributed by atoms with E-state index in [1.54, 1.807) is 25.3 Å². The average Bonchev–Trinajstić information content (AvgIpc) is 2.94. The predicted octanol–water partition coefficient (Wildman–Crippen LogP) is 2.73. The molecule has 2 aromatic heterocycles. The molecule has 106 valence electrons. The molecular weight excluding hydrogens is 272 g/mol. The Labute approximate surface area is 122 Å². The fraction of sp³-hybridized carbons (Fsp3) is 0.357. The van der Waals surface area contributed by atoms with Gasteiger partial charge in [-0.1, -0.05) is 6.92 Å². The first-order valence-electron chi connectivity index (χ1n) is 6.49. The molecular formula is C14H18N4OS. The summed E-state index contributed by atoms with van der Waals surface area (Å²) < 4.78 is 0. The third-order valence-electron chi connectivity index (χ3n) is 2.70. The van der Waals surface area contributed by atoms with Crippen LogP contribution in [0.5, 0.6) is 0 Å². The molecule has 0 bridgehead atoms. The number of rotatable bonds is 5. The molecule has 0 atom stereocenters. The lowest BCUT2D eigenvalue weighted by molar-refractivity contribution is 0.0832. The molecule has 0 radical (unpaired) electrons. The van der Waals surface area contributed by atoms with Gasteiger partial charge in [-0.2, -0.15) is 0 Å². The molecule has 0 saturated carbocycles. The second kappa shape index (κ2) is 6.47. The van der Waals surface area contributed by atoms with E-state index in [0.717, 1.165) is 29.4 Å². The Bertz CT molecular complexity index is 594. The molecule has 0 aliphatic heterocycles. The summed E-state index contributed by atoms with van der Waals surface area (Å²) in [6.07, 6.45) is 2.58. The highest BCUT2D eigenvalue weighted by atomic mass is 32.1. The van der Waals surface area contributed by atoms with Crippen molar-refractivity contribution >= 4 is 23.1 Å². The maximum Gasteiger partial charge on any atom is 0.263 e. The van der Waals surface area contributed by atoms with Crippen LogP contribution in [0.1, 0.15) is 23.0 Å². The zero-order valence-corrected chi connectivity index (χ0v) is 12.7. The SMILES string of the molecule is CCCNc1cc(-c2ccc(C(=O)N(C)C)s2)ncn1. The molecule has 0 aromatic carbocycles. The van der Waals surface area contributed by atoms with Crippen LogP contribution in [0, 0.1) is 0 Å². The van der Waals surface area contributed by atoms with Gasteiger partial charge in [-0.25, -0.2) is 9.97 Å². The lowest BCUT2D eigenvalue weighted by Crippen LogP contribution is -2.20. The Morgan fingerprint density at radius 2 is 2.15 bits per heavy atom. The van der Waals surface area contributed by atoms with E-state index in [4.69, 9.17) is 0 Å². The monoisotopic (exact) mass is 290 g/mol. The molecule has 2 aromatic rings. The molecule has 0 saturated heterocycles. The molecule has 0 aliphatic rings. The summed E-state index contributed by atoms with van der Waals surface area (Å²) in [6.45, 7) is 2.98. The van der Waals surface area contributed by atoms with Crippen LogP contribution in [0.4, 0.5) is 5.82 Å². The largest absolute Gasteiger partial charge is 0.370 e. The normalized spacial score (nSPS) is 10.3. The summed E-state index contributed by atoms with van der Waals surface area (Å²) in [7, 11) is 3.50. The Morgan fingerprint density at radius 3 is 2.85 bits per heavy atom. The quantitative estimate of drug-likeness (QED) is 0.920. The number of anilines is 1.